The number of benzene rings is 1. The number of hydrogen-bond acceptors (Lipinski definition) is 1. The van der Waals surface area contributed by atoms with E-state index >= 15 is 0 Å². The van der Waals surface area contributed by atoms with Crippen molar-refractivity contribution in [2.45, 2.75) is 19.8 Å². The summed E-state index contributed by atoms with van der Waals surface area (Å²) in [5.74, 6) is 0.975. The molecule has 0 aromatic heterocycles. The first kappa shape index (κ1) is 9.84. The standard InChI is InChI=1S/C10H12IO/c1-2-3-8-12-10-7-5-4-6-9(10)11/h5-7H,2-3,8H2,1H3. The minimum absolute atomic E-state index is 0.816. The summed E-state index contributed by atoms with van der Waals surface area (Å²) in [6.07, 6.45) is 2.30. The summed E-state index contributed by atoms with van der Waals surface area (Å²) < 4.78 is 6.68. The van der Waals surface area contributed by atoms with Crippen molar-refractivity contribution in [3.8, 4) is 5.75 Å². The van der Waals surface area contributed by atoms with Crippen LogP contribution in [0.2, 0.25) is 0 Å². The van der Waals surface area contributed by atoms with Crippen molar-refractivity contribution >= 4 is 22.6 Å². The largest absolute Gasteiger partial charge is 0.492 e. The molecule has 0 unspecified atom stereocenters. The smallest absolute Gasteiger partial charge is 0.132 e. The molecule has 0 spiro atoms. The summed E-state index contributed by atoms with van der Waals surface area (Å²) in [5, 5.41) is 0. The van der Waals surface area contributed by atoms with Gasteiger partial charge in [0.25, 0.3) is 0 Å². The highest BCUT2D eigenvalue weighted by Gasteiger charge is 1.97. The molecule has 1 aromatic rings. The Balaban J connectivity index is 2.46. The third-order valence-electron chi connectivity index (χ3n) is 1.53. The van der Waals surface area contributed by atoms with E-state index in [0.29, 0.717) is 0 Å². The van der Waals surface area contributed by atoms with Gasteiger partial charge in [-0.3, -0.25) is 0 Å². The van der Waals surface area contributed by atoms with Crippen molar-refractivity contribution in [2.24, 2.45) is 0 Å². The van der Waals surface area contributed by atoms with Gasteiger partial charge < -0.3 is 4.74 Å². The minimum Gasteiger partial charge on any atom is -0.492 e. The van der Waals surface area contributed by atoms with Crippen LogP contribution in [0.5, 0.6) is 5.75 Å². The van der Waals surface area contributed by atoms with Gasteiger partial charge in [-0.15, -0.1) is 0 Å². The number of rotatable bonds is 4. The summed E-state index contributed by atoms with van der Waals surface area (Å²) in [4.78, 5) is 0. The van der Waals surface area contributed by atoms with Crippen LogP contribution in [-0.2, 0) is 0 Å². The normalized spacial score (nSPS) is 9.83. The van der Waals surface area contributed by atoms with Crippen molar-refractivity contribution in [1.82, 2.24) is 0 Å². The van der Waals surface area contributed by atoms with Crippen molar-refractivity contribution in [2.75, 3.05) is 6.61 Å². The van der Waals surface area contributed by atoms with Gasteiger partial charge in [-0.05, 0) is 47.2 Å². The average Bonchev–Trinajstić information content (AvgIpc) is 2.09. The highest BCUT2D eigenvalue weighted by atomic mass is 127. The van der Waals surface area contributed by atoms with Gasteiger partial charge in [0, 0.05) is 0 Å². The zero-order valence-corrected chi connectivity index (χ0v) is 9.30. The van der Waals surface area contributed by atoms with Crippen molar-refractivity contribution in [3.05, 3.63) is 27.8 Å². The van der Waals surface area contributed by atoms with Gasteiger partial charge in [0.2, 0.25) is 0 Å². The van der Waals surface area contributed by atoms with Crippen LogP contribution in [0, 0.1) is 9.64 Å². The zero-order valence-electron chi connectivity index (χ0n) is 7.14. The second kappa shape index (κ2) is 5.41. The second-order valence-electron chi connectivity index (χ2n) is 2.56. The van der Waals surface area contributed by atoms with Crippen molar-refractivity contribution < 1.29 is 4.74 Å². The van der Waals surface area contributed by atoms with Crippen LogP contribution in [0.15, 0.2) is 18.2 Å². The lowest BCUT2D eigenvalue weighted by molar-refractivity contribution is 0.307. The summed E-state index contributed by atoms with van der Waals surface area (Å²) in [7, 11) is 0. The van der Waals surface area contributed by atoms with Gasteiger partial charge in [0.15, 0.2) is 0 Å². The zero-order chi connectivity index (χ0) is 8.81. The number of halogens is 1. The summed E-state index contributed by atoms with van der Waals surface area (Å²) in [5.41, 5.74) is 0. The first-order chi connectivity index (χ1) is 5.84. The highest BCUT2D eigenvalue weighted by molar-refractivity contribution is 14.1. The predicted molar refractivity (Wildman–Crippen MR) is 58.4 cm³/mol. The number of ether oxygens (including phenoxy) is 1. The Morgan fingerprint density at radius 1 is 1.58 bits per heavy atom. The van der Waals surface area contributed by atoms with Gasteiger partial charge in [0.05, 0.1) is 10.2 Å². The maximum Gasteiger partial charge on any atom is 0.132 e. The van der Waals surface area contributed by atoms with E-state index in [0.717, 1.165) is 22.3 Å². The van der Waals surface area contributed by atoms with E-state index in [1.165, 1.54) is 6.42 Å². The molecule has 0 N–H and O–H groups in total. The average molecular weight is 275 g/mol. The van der Waals surface area contributed by atoms with Crippen molar-refractivity contribution in [1.29, 1.82) is 0 Å². The van der Waals surface area contributed by atoms with E-state index in [1.54, 1.807) is 0 Å². The van der Waals surface area contributed by atoms with Gasteiger partial charge in [-0.2, -0.15) is 0 Å². The van der Waals surface area contributed by atoms with E-state index in [1.807, 2.05) is 18.2 Å². The number of unbranched alkanes of at least 4 members (excludes halogenated alkanes) is 1. The van der Waals surface area contributed by atoms with Crippen LogP contribution in [0.3, 0.4) is 0 Å². The fraction of sp³-hybridized carbons (Fsp3) is 0.400. The molecule has 1 aromatic carbocycles. The van der Waals surface area contributed by atoms with Crippen LogP contribution >= 0.6 is 22.6 Å². The van der Waals surface area contributed by atoms with Gasteiger partial charge >= 0.3 is 0 Å². The fourth-order valence-electron chi connectivity index (χ4n) is 0.839. The molecule has 0 aliphatic heterocycles. The maximum atomic E-state index is 5.55. The molecule has 0 bridgehead atoms. The molecule has 0 aliphatic carbocycles. The lowest BCUT2D eigenvalue weighted by Gasteiger charge is -2.05. The Bertz CT molecular complexity index is 235. The molecular formula is C10H12IO. The topological polar surface area (TPSA) is 9.23 Å². The van der Waals surface area contributed by atoms with Crippen LogP contribution in [-0.4, -0.2) is 6.61 Å². The van der Waals surface area contributed by atoms with E-state index in [2.05, 4.69) is 35.6 Å². The molecule has 1 rings (SSSR count). The van der Waals surface area contributed by atoms with Crippen LogP contribution in [0.1, 0.15) is 19.8 Å². The Kier molecular flexibility index (Phi) is 4.43. The lowest BCUT2D eigenvalue weighted by Crippen LogP contribution is -1.97. The van der Waals surface area contributed by atoms with Gasteiger partial charge in [-0.25, -0.2) is 0 Å². The maximum absolute atomic E-state index is 5.55. The van der Waals surface area contributed by atoms with Crippen LogP contribution < -0.4 is 4.74 Å². The molecule has 0 atom stereocenters. The first-order valence-electron chi connectivity index (χ1n) is 4.13. The molecule has 1 radical (unpaired) electrons. The highest BCUT2D eigenvalue weighted by Crippen LogP contribution is 2.19. The quantitative estimate of drug-likeness (QED) is 0.605. The Morgan fingerprint density at radius 3 is 3.08 bits per heavy atom. The molecule has 2 heteroatoms. The minimum atomic E-state index is 0.816. The Labute approximate surface area is 87.3 Å². The van der Waals surface area contributed by atoms with E-state index < -0.39 is 0 Å². The molecule has 0 aliphatic rings. The lowest BCUT2D eigenvalue weighted by atomic mass is 10.3. The molecule has 0 saturated heterocycles. The molecule has 0 heterocycles. The third kappa shape index (κ3) is 3.01. The Morgan fingerprint density at radius 2 is 2.42 bits per heavy atom. The van der Waals surface area contributed by atoms with E-state index in [4.69, 9.17) is 4.74 Å². The van der Waals surface area contributed by atoms with Crippen LogP contribution in [0.4, 0.5) is 0 Å². The summed E-state index contributed by atoms with van der Waals surface area (Å²) in [6.45, 7) is 2.98. The monoisotopic (exact) mass is 275 g/mol. The SMILES string of the molecule is CCCCOc1cc[c]cc1I. The van der Waals surface area contributed by atoms with Gasteiger partial charge in [-0.1, -0.05) is 19.4 Å². The van der Waals surface area contributed by atoms with Gasteiger partial charge in [0.1, 0.15) is 5.75 Å². The predicted octanol–water partition coefficient (Wildman–Crippen LogP) is 3.27. The Hall–Kier alpha value is -0.250. The van der Waals surface area contributed by atoms with E-state index in [-0.39, 0.29) is 0 Å². The summed E-state index contributed by atoms with van der Waals surface area (Å²) >= 11 is 2.26. The number of hydrogen-bond donors (Lipinski definition) is 0. The molecular weight excluding hydrogens is 263 g/mol. The van der Waals surface area contributed by atoms with Crippen molar-refractivity contribution in [3.63, 3.8) is 0 Å². The molecule has 0 amide bonds. The molecule has 1 nitrogen and oxygen atoms in total. The first-order valence-corrected chi connectivity index (χ1v) is 5.21. The molecule has 65 valence electrons. The molecule has 12 heavy (non-hydrogen) atoms. The van der Waals surface area contributed by atoms with E-state index in [9.17, 15) is 0 Å². The summed E-state index contributed by atoms with van der Waals surface area (Å²) in [6, 6.07) is 8.77. The molecule has 0 saturated carbocycles. The second-order valence-corrected chi connectivity index (χ2v) is 3.72. The third-order valence-corrected chi connectivity index (χ3v) is 2.37. The fourth-order valence-corrected chi connectivity index (χ4v) is 1.35. The van der Waals surface area contributed by atoms with Crippen LogP contribution in [0.25, 0.3) is 0 Å². The molecule has 0 fully saturated rings.